The van der Waals surface area contributed by atoms with Gasteiger partial charge in [0.1, 0.15) is 11.7 Å². The first-order valence-corrected chi connectivity index (χ1v) is 10.8. The molecule has 5 rings (SSSR count). The van der Waals surface area contributed by atoms with Gasteiger partial charge in [0.2, 0.25) is 0 Å². The Balaban J connectivity index is 1.41. The van der Waals surface area contributed by atoms with Crippen LogP contribution in [0, 0.1) is 0 Å². The van der Waals surface area contributed by atoms with Crippen molar-refractivity contribution in [3.8, 4) is 17.2 Å². The van der Waals surface area contributed by atoms with Crippen molar-refractivity contribution in [1.29, 1.82) is 0 Å². The van der Waals surface area contributed by atoms with Crippen LogP contribution < -0.4 is 0 Å². The molecule has 0 bridgehead atoms. The van der Waals surface area contributed by atoms with Gasteiger partial charge in [-0.15, -0.1) is 5.10 Å². The summed E-state index contributed by atoms with van der Waals surface area (Å²) in [4.78, 5) is 12.5. The lowest BCUT2D eigenvalue weighted by molar-refractivity contribution is 0.417. The van der Waals surface area contributed by atoms with Crippen LogP contribution in [-0.4, -0.2) is 29.3 Å². The Kier molecular flexibility index (Phi) is 5.24. The highest BCUT2D eigenvalue weighted by Gasteiger charge is 2.24. The molecule has 0 aliphatic carbocycles. The SMILES string of the molecule is CC/C=C(F)\C=C/CC1CCCn2nc(-c3cc4ccc(-n5ccnc5)cc4[nH]3)nc21. The second kappa shape index (κ2) is 8.34. The van der Waals surface area contributed by atoms with E-state index in [0.717, 1.165) is 53.9 Å². The second-order valence-electron chi connectivity index (χ2n) is 7.92. The fourth-order valence-corrected chi connectivity index (χ4v) is 4.19. The van der Waals surface area contributed by atoms with Crippen molar-refractivity contribution in [1.82, 2.24) is 29.3 Å². The van der Waals surface area contributed by atoms with E-state index >= 15 is 0 Å². The third-order valence-electron chi connectivity index (χ3n) is 5.73. The minimum absolute atomic E-state index is 0.173. The highest BCUT2D eigenvalue weighted by atomic mass is 19.1. The lowest BCUT2D eigenvalue weighted by Gasteiger charge is -2.20. The molecule has 7 heteroatoms. The molecule has 1 aliphatic heterocycles. The minimum atomic E-state index is -0.173. The second-order valence-corrected chi connectivity index (χ2v) is 7.92. The maximum atomic E-state index is 13.6. The zero-order valence-corrected chi connectivity index (χ0v) is 17.5. The number of aryl methyl sites for hydroxylation is 1. The summed E-state index contributed by atoms with van der Waals surface area (Å²) in [5.41, 5.74) is 2.99. The molecule has 1 N–H and O–H groups in total. The molecule has 158 valence electrons. The molecule has 1 atom stereocenters. The van der Waals surface area contributed by atoms with Gasteiger partial charge in [-0.25, -0.2) is 19.0 Å². The molecule has 0 amide bonds. The Labute approximate surface area is 180 Å². The first kappa shape index (κ1) is 19.5. The minimum Gasteiger partial charge on any atom is -0.352 e. The maximum Gasteiger partial charge on any atom is 0.197 e. The van der Waals surface area contributed by atoms with E-state index in [1.165, 1.54) is 0 Å². The van der Waals surface area contributed by atoms with Gasteiger partial charge in [-0.05, 0) is 56.0 Å². The quantitative estimate of drug-likeness (QED) is 0.410. The van der Waals surface area contributed by atoms with E-state index in [9.17, 15) is 4.39 Å². The third-order valence-corrected chi connectivity index (χ3v) is 5.73. The van der Waals surface area contributed by atoms with Gasteiger partial charge in [0.05, 0.1) is 12.0 Å². The van der Waals surface area contributed by atoms with Crippen molar-refractivity contribution in [3.63, 3.8) is 0 Å². The number of allylic oxidation sites excluding steroid dienone is 4. The van der Waals surface area contributed by atoms with Crippen LogP contribution in [0.2, 0.25) is 0 Å². The monoisotopic (exact) mass is 416 g/mol. The molecular weight excluding hydrogens is 391 g/mol. The summed E-state index contributed by atoms with van der Waals surface area (Å²) >= 11 is 0. The highest BCUT2D eigenvalue weighted by Crippen LogP contribution is 2.32. The predicted octanol–water partition coefficient (Wildman–Crippen LogP) is 5.70. The summed E-state index contributed by atoms with van der Waals surface area (Å²) in [7, 11) is 0. The third kappa shape index (κ3) is 3.95. The number of aromatic amines is 1. The van der Waals surface area contributed by atoms with Crippen LogP contribution in [-0.2, 0) is 6.54 Å². The Bertz CT molecular complexity index is 1240. The number of hydrogen-bond donors (Lipinski definition) is 1. The summed E-state index contributed by atoms with van der Waals surface area (Å²) < 4.78 is 17.6. The van der Waals surface area contributed by atoms with E-state index in [2.05, 4.69) is 34.2 Å². The van der Waals surface area contributed by atoms with E-state index in [0.29, 0.717) is 12.2 Å². The van der Waals surface area contributed by atoms with Crippen LogP contribution in [0.4, 0.5) is 4.39 Å². The molecule has 1 unspecified atom stereocenters. The van der Waals surface area contributed by atoms with Crippen LogP contribution in [0.5, 0.6) is 0 Å². The van der Waals surface area contributed by atoms with Crippen molar-refractivity contribution in [2.75, 3.05) is 0 Å². The first-order valence-electron chi connectivity index (χ1n) is 10.8. The molecule has 4 heterocycles. The van der Waals surface area contributed by atoms with Crippen LogP contribution >= 0.6 is 0 Å². The first-order chi connectivity index (χ1) is 15.2. The fourth-order valence-electron chi connectivity index (χ4n) is 4.19. The molecule has 31 heavy (non-hydrogen) atoms. The van der Waals surface area contributed by atoms with Gasteiger partial charge in [0, 0.05) is 41.4 Å². The van der Waals surface area contributed by atoms with Crippen molar-refractivity contribution in [2.45, 2.75) is 45.1 Å². The van der Waals surface area contributed by atoms with Gasteiger partial charge in [-0.1, -0.05) is 19.1 Å². The van der Waals surface area contributed by atoms with E-state index < -0.39 is 0 Å². The molecule has 1 aromatic carbocycles. The maximum absolute atomic E-state index is 13.6. The lowest BCUT2D eigenvalue weighted by Crippen LogP contribution is -2.16. The molecule has 1 aliphatic rings. The molecule has 0 spiro atoms. The molecule has 0 radical (unpaired) electrons. The Morgan fingerprint density at radius 3 is 3.10 bits per heavy atom. The largest absolute Gasteiger partial charge is 0.352 e. The van der Waals surface area contributed by atoms with Crippen LogP contribution in [0.25, 0.3) is 28.1 Å². The number of fused-ring (bicyclic) bond motifs is 2. The van der Waals surface area contributed by atoms with Gasteiger partial charge in [-0.3, -0.25) is 0 Å². The Morgan fingerprint density at radius 1 is 1.32 bits per heavy atom. The Hall–Kier alpha value is -3.48. The number of aromatic nitrogens is 6. The van der Waals surface area contributed by atoms with Crippen molar-refractivity contribution < 1.29 is 4.39 Å². The standard InChI is InChI=1S/C24H25FN6/c1-2-5-19(25)8-3-6-17-7-4-12-31-24(17)28-23(29-31)22-14-18-9-10-20(15-21(18)27-22)30-13-11-26-16-30/h3,5,8-11,13-17,27H,2,4,6-7,12H2,1H3/b8-3-,19-5+. The van der Waals surface area contributed by atoms with Crippen molar-refractivity contribution in [2.24, 2.45) is 0 Å². The summed E-state index contributed by atoms with van der Waals surface area (Å²) in [5.74, 6) is 1.79. The number of hydrogen-bond acceptors (Lipinski definition) is 3. The lowest BCUT2D eigenvalue weighted by atomic mass is 9.95. The molecular formula is C24H25FN6. The van der Waals surface area contributed by atoms with Crippen LogP contribution in [0.3, 0.4) is 0 Å². The summed E-state index contributed by atoms with van der Waals surface area (Å²) in [6, 6.07) is 8.35. The van der Waals surface area contributed by atoms with E-state index in [1.807, 2.05) is 28.4 Å². The predicted molar refractivity (Wildman–Crippen MR) is 120 cm³/mol. The van der Waals surface area contributed by atoms with Gasteiger partial charge in [-0.2, -0.15) is 0 Å². The number of nitrogens with zero attached hydrogens (tertiary/aromatic N) is 5. The average Bonchev–Trinajstić information content (AvgIpc) is 3.52. The van der Waals surface area contributed by atoms with E-state index in [4.69, 9.17) is 10.1 Å². The fraction of sp³-hybridized carbons (Fsp3) is 0.292. The Morgan fingerprint density at radius 2 is 2.26 bits per heavy atom. The van der Waals surface area contributed by atoms with Crippen LogP contribution in [0.15, 0.2) is 67.0 Å². The molecule has 0 saturated heterocycles. The molecule has 3 aromatic heterocycles. The zero-order valence-electron chi connectivity index (χ0n) is 17.5. The molecule has 6 nitrogen and oxygen atoms in total. The van der Waals surface area contributed by atoms with Gasteiger partial charge in [0.15, 0.2) is 5.82 Å². The number of imidazole rings is 1. The normalized spacial score (nSPS) is 17.0. The topological polar surface area (TPSA) is 64.3 Å². The van der Waals surface area contributed by atoms with E-state index in [-0.39, 0.29) is 11.7 Å². The highest BCUT2D eigenvalue weighted by molar-refractivity contribution is 5.86. The molecule has 0 saturated carbocycles. The molecule has 4 aromatic rings. The number of H-pyrrole nitrogens is 1. The average molecular weight is 417 g/mol. The zero-order chi connectivity index (χ0) is 21.2. The number of rotatable bonds is 6. The summed E-state index contributed by atoms with van der Waals surface area (Å²) in [6.45, 7) is 2.80. The van der Waals surface area contributed by atoms with Gasteiger partial charge < -0.3 is 9.55 Å². The summed E-state index contributed by atoms with van der Waals surface area (Å²) in [5, 5.41) is 5.88. The van der Waals surface area contributed by atoms with Gasteiger partial charge in [0.25, 0.3) is 0 Å². The van der Waals surface area contributed by atoms with E-state index in [1.54, 1.807) is 24.7 Å². The van der Waals surface area contributed by atoms with Crippen LogP contribution in [0.1, 0.15) is 44.3 Å². The number of nitrogens with one attached hydrogen (secondary N) is 1. The molecule has 0 fully saturated rings. The smallest absolute Gasteiger partial charge is 0.197 e. The van der Waals surface area contributed by atoms with Gasteiger partial charge >= 0.3 is 0 Å². The van der Waals surface area contributed by atoms with Crippen molar-refractivity contribution in [3.05, 3.63) is 72.9 Å². The number of halogens is 1. The summed E-state index contributed by atoms with van der Waals surface area (Å²) in [6.07, 6.45) is 14.1. The number of benzene rings is 1. The van der Waals surface area contributed by atoms with Crippen molar-refractivity contribution >= 4 is 10.9 Å².